The molecule has 1 fully saturated rings. The van der Waals surface area contributed by atoms with Gasteiger partial charge < -0.3 is 28.6 Å². The maximum absolute atomic E-state index is 12.4. The molecule has 0 aromatic rings. The molecule has 1 rings (SSSR count). The highest BCUT2D eigenvalue weighted by molar-refractivity contribution is 6.60. The molecule has 0 spiro atoms. The first-order chi connectivity index (χ1) is 17.9. The molecule has 3 unspecified atom stereocenters. The molecule has 38 heavy (non-hydrogen) atoms. The standard InChI is InChI=1S/C27H51N3O7Si/c1-8-9-12-23(13-10-14-24(32)28-15-11-16-38(35-5,36-6)37-7)30(25(33)34)20-27(4)18-22(29-21-31)17-26(2,3)19-27/h22-23H,8-20H2,1-7H3,(H,28,32)(H,33,34). The minimum atomic E-state index is -2.65. The maximum atomic E-state index is 12.4. The number of isocyanates is 1. The quantitative estimate of drug-likeness (QED) is 0.105. The first kappa shape index (κ1) is 34.2. The molecule has 0 aromatic heterocycles. The Labute approximate surface area is 230 Å². The van der Waals surface area contributed by atoms with Crippen molar-refractivity contribution in [2.24, 2.45) is 15.8 Å². The third-order valence-corrected chi connectivity index (χ3v) is 10.5. The van der Waals surface area contributed by atoms with E-state index in [0.717, 1.165) is 32.1 Å². The average Bonchev–Trinajstić information content (AvgIpc) is 2.84. The maximum Gasteiger partial charge on any atom is 0.500 e. The zero-order valence-corrected chi connectivity index (χ0v) is 25.6. The molecule has 0 aliphatic heterocycles. The van der Waals surface area contributed by atoms with Crippen molar-refractivity contribution in [1.82, 2.24) is 10.2 Å². The molecule has 220 valence electrons. The van der Waals surface area contributed by atoms with E-state index in [4.69, 9.17) is 13.3 Å². The predicted molar refractivity (Wildman–Crippen MR) is 149 cm³/mol. The molecular formula is C27H51N3O7Si. The summed E-state index contributed by atoms with van der Waals surface area (Å²) in [6, 6.07) is 0.309. The molecule has 1 aliphatic carbocycles. The van der Waals surface area contributed by atoms with Crippen molar-refractivity contribution in [2.45, 2.75) is 110 Å². The van der Waals surface area contributed by atoms with Crippen molar-refractivity contribution in [3.05, 3.63) is 0 Å². The summed E-state index contributed by atoms with van der Waals surface area (Å²) < 4.78 is 16.2. The van der Waals surface area contributed by atoms with Crippen LogP contribution in [0.4, 0.5) is 4.79 Å². The van der Waals surface area contributed by atoms with Gasteiger partial charge in [0.2, 0.25) is 12.0 Å². The van der Waals surface area contributed by atoms with E-state index >= 15 is 0 Å². The minimum Gasteiger partial charge on any atom is -0.465 e. The van der Waals surface area contributed by atoms with Crippen molar-refractivity contribution in [3.8, 4) is 0 Å². The van der Waals surface area contributed by atoms with Gasteiger partial charge >= 0.3 is 14.9 Å². The Morgan fingerprint density at radius 2 is 1.74 bits per heavy atom. The second-order valence-corrected chi connectivity index (χ2v) is 14.9. The highest BCUT2D eigenvalue weighted by Gasteiger charge is 2.44. The van der Waals surface area contributed by atoms with Crippen LogP contribution < -0.4 is 5.32 Å². The van der Waals surface area contributed by atoms with Gasteiger partial charge in [-0.1, -0.05) is 40.5 Å². The number of carbonyl (C=O) groups excluding carboxylic acids is 2. The molecule has 0 aromatic carbocycles. The highest BCUT2D eigenvalue weighted by Crippen LogP contribution is 2.47. The monoisotopic (exact) mass is 557 g/mol. The number of aliphatic imine (C=N–C) groups is 1. The van der Waals surface area contributed by atoms with Crippen molar-refractivity contribution < 1.29 is 32.8 Å². The van der Waals surface area contributed by atoms with Crippen LogP contribution >= 0.6 is 0 Å². The van der Waals surface area contributed by atoms with Crippen LogP contribution in [0.25, 0.3) is 0 Å². The van der Waals surface area contributed by atoms with Gasteiger partial charge in [0.05, 0.1) is 6.04 Å². The van der Waals surface area contributed by atoms with E-state index in [1.54, 1.807) is 32.3 Å². The number of carboxylic acid groups (broad SMARTS) is 1. The molecule has 11 heteroatoms. The fourth-order valence-electron chi connectivity index (χ4n) is 6.20. The molecule has 1 aliphatic rings. The largest absolute Gasteiger partial charge is 0.500 e. The van der Waals surface area contributed by atoms with Gasteiger partial charge in [-0.2, -0.15) is 0 Å². The van der Waals surface area contributed by atoms with Crippen LogP contribution in [0.2, 0.25) is 6.04 Å². The van der Waals surface area contributed by atoms with Crippen LogP contribution in [0.5, 0.6) is 0 Å². The normalized spacial score (nSPS) is 21.8. The Kier molecular flexibility index (Phi) is 14.7. The molecule has 2 amide bonds. The minimum absolute atomic E-state index is 0.0445. The van der Waals surface area contributed by atoms with E-state index in [0.29, 0.717) is 51.2 Å². The summed E-state index contributed by atoms with van der Waals surface area (Å²) in [5.41, 5.74) is -0.338. The van der Waals surface area contributed by atoms with Crippen LogP contribution in [0, 0.1) is 10.8 Å². The molecular weight excluding hydrogens is 506 g/mol. The molecule has 1 saturated carbocycles. The van der Waals surface area contributed by atoms with E-state index in [9.17, 15) is 19.5 Å². The fourth-order valence-corrected chi connectivity index (χ4v) is 7.92. The van der Waals surface area contributed by atoms with Gasteiger partial charge in [0.15, 0.2) is 0 Å². The number of carbonyl (C=O) groups is 2. The lowest BCUT2D eigenvalue weighted by molar-refractivity contribution is -0.121. The molecule has 0 bridgehead atoms. The summed E-state index contributed by atoms with van der Waals surface area (Å²) in [7, 11) is 2.06. The molecule has 0 saturated heterocycles. The lowest BCUT2D eigenvalue weighted by Crippen LogP contribution is -2.49. The first-order valence-electron chi connectivity index (χ1n) is 13.9. The zero-order valence-electron chi connectivity index (χ0n) is 24.6. The number of nitrogens with one attached hydrogen (secondary N) is 1. The number of rotatable bonds is 18. The summed E-state index contributed by atoms with van der Waals surface area (Å²) in [5, 5.41) is 13.1. The molecule has 3 atom stereocenters. The summed E-state index contributed by atoms with van der Waals surface area (Å²) in [4.78, 5) is 41.4. The second kappa shape index (κ2) is 16.4. The number of amides is 2. The second-order valence-electron chi connectivity index (χ2n) is 11.8. The van der Waals surface area contributed by atoms with Gasteiger partial charge in [0, 0.05) is 52.9 Å². The van der Waals surface area contributed by atoms with Crippen molar-refractivity contribution >= 4 is 26.9 Å². The molecule has 0 radical (unpaired) electrons. The van der Waals surface area contributed by atoms with Gasteiger partial charge in [-0.3, -0.25) is 4.79 Å². The highest BCUT2D eigenvalue weighted by atomic mass is 28.4. The molecule has 0 heterocycles. The van der Waals surface area contributed by atoms with Crippen LogP contribution in [0.15, 0.2) is 4.99 Å². The average molecular weight is 558 g/mol. The summed E-state index contributed by atoms with van der Waals surface area (Å²) >= 11 is 0. The van der Waals surface area contributed by atoms with Gasteiger partial charge in [0.25, 0.3) is 0 Å². The number of nitrogens with zero attached hydrogens (tertiary/aromatic N) is 2. The Morgan fingerprint density at radius 3 is 2.29 bits per heavy atom. The van der Waals surface area contributed by atoms with Crippen molar-refractivity contribution in [3.63, 3.8) is 0 Å². The molecule has 2 N–H and O–H groups in total. The first-order valence-corrected chi connectivity index (χ1v) is 15.8. The van der Waals surface area contributed by atoms with Crippen LogP contribution in [0.1, 0.15) is 91.9 Å². The predicted octanol–water partition coefficient (Wildman–Crippen LogP) is 5.00. The van der Waals surface area contributed by atoms with E-state index in [1.807, 2.05) is 0 Å². The van der Waals surface area contributed by atoms with E-state index < -0.39 is 14.9 Å². The topological polar surface area (TPSA) is 127 Å². The van der Waals surface area contributed by atoms with Gasteiger partial charge in [-0.15, -0.1) is 0 Å². The Bertz CT molecular complexity index is 778. The zero-order chi connectivity index (χ0) is 28.8. The third kappa shape index (κ3) is 11.5. The van der Waals surface area contributed by atoms with E-state index in [-0.39, 0.29) is 28.8 Å². The van der Waals surface area contributed by atoms with Gasteiger partial charge in [-0.25, -0.2) is 14.6 Å². The van der Waals surface area contributed by atoms with E-state index in [1.165, 1.54) is 0 Å². The van der Waals surface area contributed by atoms with Crippen LogP contribution in [0.3, 0.4) is 0 Å². The Balaban J connectivity index is 2.75. The summed E-state index contributed by atoms with van der Waals surface area (Å²) in [5.74, 6) is -0.0452. The third-order valence-electron chi connectivity index (χ3n) is 7.64. The lowest BCUT2D eigenvalue weighted by Gasteiger charge is -2.47. The van der Waals surface area contributed by atoms with E-state index in [2.05, 4.69) is 38.0 Å². The molecule has 10 nitrogen and oxygen atoms in total. The number of hydrogen-bond donors (Lipinski definition) is 2. The van der Waals surface area contributed by atoms with Crippen molar-refractivity contribution in [1.29, 1.82) is 0 Å². The van der Waals surface area contributed by atoms with Crippen molar-refractivity contribution in [2.75, 3.05) is 34.4 Å². The Hall–Kier alpha value is -1.78. The SMILES string of the molecule is CCCCC(CCCC(=O)NCCC[Si](OC)(OC)OC)N(CC1(C)CC(N=C=O)CC(C)(C)C1)C(=O)O. The fraction of sp³-hybridized carbons (Fsp3) is 0.889. The van der Waals surface area contributed by atoms with Crippen LogP contribution in [-0.4, -0.2) is 83.4 Å². The van der Waals surface area contributed by atoms with Crippen LogP contribution in [-0.2, 0) is 22.9 Å². The smallest absolute Gasteiger partial charge is 0.465 e. The Morgan fingerprint density at radius 1 is 1.11 bits per heavy atom. The number of unbranched alkanes of at least 4 members (excludes halogenated alkanes) is 1. The lowest BCUT2D eigenvalue weighted by atomic mass is 9.62. The van der Waals surface area contributed by atoms with Gasteiger partial charge in [-0.05, 0) is 55.8 Å². The van der Waals surface area contributed by atoms with Gasteiger partial charge in [0.1, 0.15) is 0 Å². The summed E-state index contributed by atoms with van der Waals surface area (Å²) in [6.07, 6.45) is 8.01. The summed E-state index contributed by atoms with van der Waals surface area (Å²) in [6.45, 7) is 9.40. The number of hydrogen-bond acceptors (Lipinski definition) is 7.